The molecule has 1 aliphatic carbocycles. The van der Waals surface area contributed by atoms with E-state index in [1.54, 1.807) is 0 Å². The molecule has 0 radical (unpaired) electrons. The van der Waals surface area contributed by atoms with Crippen LogP contribution in [0.15, 0.2) is 23.1 Å². The number of nitrogens with two attached hydrogens (primary N) is 1. The number of halogens is 1. The van der Waals surface area contributed by atoms with Gasteiger partial charge in [-0.3, -0.25) is 0 Å². The normalized spacial score (nSPS) is 16.1. The Morgan fingerprint density at radius 3 is 2.50 bits per heavy atom. The number of carbonyl (C=O) groups is 1. The minimum absolute atomic E-state index is 0.147. The van der Waals surface area contributed by atoms with Crippen molar-refractivity contribution in [3.8, 4) is 0 Å². The van der Waals surface area contributed by atoms with Gasteiger partial charge in [0.2, 0.25) is 10.0 Å². The standard InChI is InChI=1S/C11H12FNO4S/c12-8-4-7(5-10(6-8)18(13,15)16)11(14)17-9-2-1-3-9/h4-6,9H,1-3H2,(H2,13,15,16). The zero-order valence-corrected chi connectivity index (χ0v) is 10.2. The van der Waals surface area contributed by atoms with E-state index >= 15 is 0 Å². The largest absolute Gasteiger partial charge is 0.459 e. The quantitative estimate of drug-likeness (QED) is 0.838. The van der Waals surface area contributed by atoms with E-state index in [-0.39, 0.29) is 11.7 Å². The van der Waals surface area contributed by atoms with Crippen LogP contribution in [-0.4, -0.2) is 20.5 Å². The Labute approximate surface area is 104 Å². The van der Waals surface area contributed by atoms with Crippen molar-refractivity contribution < 1.29 is 22.3 Å². The minimum atomic E-state index is -4.05. The van der Waals surface area contributed by atoms with Crippen molar-refractivity contribution in [2.75, 3.05) is 0 Å². The lowest BCUT2D eigenvalue weighted by Crippen LogP contribution is -2.25. The molecule has 2 rings (SSSR count). The first-order chi connectivity index (χ1) is 8.36. The Balaban J connectivity index is 2.27. The molecule has 0 heterocycles. The predicted molar refractivity (Wildman–Crippen MR) is 60.8 cm³/mol. The van der Waals surface area contributed by atoms with Crippen LogP contribution in [0.25, 0.3) is 0 Å². The van der Waals surface area contributed by atoms with Crippen molar-refractivity contribution in [2.45, 2.75) is 30.3 Å². The molecule has 0 aromatic heterocycles. The highest BCUT2D eigenvalue weighted by atomic mass is 32.2. The molecule has 18 heavy (non-hydrogen) atoms. The summed E-state index contributed by atoms with van der Waals surface area (Å²) in [5.41, 5.74) is -0.147. The lowest BCUT2D eigenvalue weighted by molar-refractivity contribution is 0.00893. The molecule has 0 saturated heterocycles. The third kappa shape index (κ3) is 2.85. The molecule has 0 bridgehead atoms. The summed E-state index contributed by atoms with van der Waals surface area (Å²) in [5, 5.41) is 4.89. The van der Waals surface area contributed by atoms with E-state index in [1.807, 2.05) is 0 Å². The van der Waals surface area contributed by atoms with Gasteiger partial charge in [0.15, 0.2) is 0 Å². The van der Waals surface area contributed by atoms with Crippen molar-refractivity contribution in [1.29, 1.82) is 0 Å². The maximum Gasteiger partial charge on any atom is 0.338 e. The summed E-state index contributed by atoms with van der Waals surface area (Å²) in [6, 6.07) is 2.70. The van der Waals surface area contributed by atoms with Gasteiger partial charge in [0.25, 0.3) is 0 Å². The Morgan fingerprint density at radius 1 is 1.33 bits per heavy atom. The first kappa shape index (κ1) is 13.0. The lowest BCUT2D eigenvalue weighted by Gasteiger charge is -2.25. The second-order valence-corrected chi connectivity index (χ2v) is 5.74. The summed E-state index contributed by atoms with van der Waals surface area (Å²) in [4.78, 5) is 11.2. The maximum absolute atomic E-state index is 13.2. The molecule has 0 spiro atoms. The molecule has 7 heteroatoms. The molecular weight excluding hydrogens is 261 g/mol. The van der Waals surface area contributed by atoms with E-state index in [4.69, 9.17) is 9.88 Å². The molecule has 0 aliphatic heterocycles. The van der Waals surface area contributed by atoms with Gasteiger partial charge in [-0.2, -0.15) is 0 Å². The van der Waals surface area contributed by atoms with E-state index in [0.29, 0.717) is 0 Å². The fourth-order valence-electron chi connectivity index (χ4n) is 1.55. The van der Waals surface area contributed by atoms with Gasteiger partial charge in [-0.25, -0.2) is 22.7 Å². The van der Waals surface area contributed by atoms with Gasteiger partial charge in [-0.05, 0) is 37.5 Å². The van der Waals surface area contributed by atoms with Gasteiger partial charge in [-0.15, -0.1) is 0 Å². The third-order valence-electron chi connectivity index (χ3n) is 2.76. The second kappa shape index (κ2) is 4.66. The third-order valence-corrected chi connectivity index (χ3v) is 3.65. The van der Waals surface area contributed by atoms with Crippen molar-refractivity contribution in [3.63, 3.8) is 0 Å². The zero-order chi connectivity index (χ0) is 13.3. The number of esters is 1. The summed E-state index contributed by atoms with van der Waals surface area (Å²) in [6.45, 7) is 0. The van der Waals surface area contributed by atoms with Crippen LogP contribution < -0.4 is 5.14 Å². The number of primary sulfonamides is 1. The van der Waals surface area contributed by atoms with Gasteiger partial charge in [0.05, 0.1) is 10.5 Å². The first-order valence-corrected chi connectivity index (χ1v) is 6.95. The van der Waals surface area contributed by atoms with Crippen LogP contribution in [0.1, 0.15) is 29.6 Å². The van der Waals surface area contributed by atoms with Crippen LogP contribution >= 0.6 is 0 Å². The van der Waals surface area contributed by atoms with Crippen LogP contribution in [0.4, 0.5) is 4.39 Å². The molecule has 1 saturated carbocycles. The Morgan fingerprint density at radius 2 is 2.00 bits per heavy atom. The highest BCUT2D eigenvalue weighted by molar-refractivity contribution is 7.89. The smallest absolute Gasteiger partial charge is 0.338 e. The SMILES string of the molecule is NS(=O)(=O)c1cc(F)cc(C(=O)OC2CCC2)c1. The monoisotopic (exact) mass is 273 g/mol. The summed E-state index contributed by atoms with van der Waals surface area (Å²) >= 11 is 0. The van der Waals surface area contributed by atoms with E-state index in [9.17, 15) is 17.6 Å². The van der Waals surface area contributed by atoms with Gasteiger partial charge < -0.3 is 4.74 Å². The Bertz CT molecular complexity index is 581. The number of benzene rings is 1. The molecular formula is C11H12FNO4S. The Hall–Kier alpha value is -1.47. The van der Waals surface area contributed by atoms with Crippen LogP contribution in [0.5, 0.6) is 0 Å². The van der Waals surface area contributed by atoms with Crippen molar-refractivity contribution in [1.82, 2.24) is 0 Å². The van der Waals surface area contributed by atoms with Crippen molar-refractivity contribution >= 4 is 16.0 Å². The number of ether oxygens (including phenoxy) is 1. The lowest BCUT2D eigenvalue weighted by atomic mass is 9.96. The average Bonchev–Trinajstić information content (AvgIpc) is 2.21. The summed E-state index contributed by atoms with van der Waals surface area (Å²) < 4.78 is 40.5. The van der Waals surface area contributed by atoms with E-state index < -0.39 is 26.7 Å². The van der Waals surface area contributed by atoms with Crippen LogP contribution in [0, 0.1) is 5.82 Å². The summed E-state index contributed by atoms with van der Waals surface area (Å²) in [5.74, 6) is -1.58. The predicted octanol–water partition coefficient (Wildman–Crippen LogP) is 1.18. The van der Waals surface area contributed by atoms with Crippen LogP contribution in [0.3, 0.4) is 0 Å². The molecule has 0 unspecified atom stereocenters. The number of hydrogen-bond acceptors (Lipinski definition) is 4. The molecule has 0 amide bonds. The molecule has 1 aromatic carbocycles. The molecule has 2 N–H and O–H groups in total. The van der Waals surface area contributed by atoms with E-state index in [1.165, 1.54) is 0 Å². The fraction of sp³-hybridized carbons (Fsp3) is 0.364. The van der Waals surface area contributed by atoms with Gasteiger partial charge in [0.1, 0.15) is 11.9 Å². The molecule has 0 atom stereocenters. The van der Waals surface area contributed by atoms with Gasteiger partial charge in [-0.1, -0.05) is 0 Å². The molecule has 1 aliphatic rings. The van der Waals surface area contributed by atoms with Crippen molar-refractivity contribution in [2.24, 2.45) is 5.14 Å². The average molecular weight is 273 g/mol. The van der Waals surface area contributed by atoms with E-state index in [0.717, 1.165) is 37.5 Å². The second-order valence-electron chi connectivity index (χ2n) is 4.18. The number of sulfonamides is 1. The van der Waals surface area contributed by atoms with Crippen LogP contribution in [-0.2, 0) is 14.8 Å². The number of hydrogen-bond donors (Lipinski definition) is 1. The number of rotatable bonds is 3. The highest BCUT2D eigenvalue weighted by Gasteiger charge is 2.23. The summed E-state index contributed by atoms with van der Waals surface area (Å²) in [6.07, 6.45) is 2.40. The fourth-order valence-corrected chi connectivity index (χ4v) is 2.12. The van der Waals surface area contributed by atoms with Gasteiger partial charge in [0, 0.05) is 0 Å². The summed E-state index contributed by atoms with van der Waals surface area (Å²) in [7, 11) is -4.05. The zero-order valence-electron chi connectivity index (χ0n) is 9.43. The molecule has 98 valence electrons. The van der Waals surface area contributed by atoms with Crippen molar-refractivity contribution in [3.05, 3.63) is 29.6 Å². The van der Waals surface area contributed by atoms with E-state index in [2.05, 4.69) is 0 Å². The first-order valence-electron chi connectivity index (χ1n) is 5.40. The van der Waals surface area contributed by atoms with Crippen LogP contribution in [0.2, 0.25) is 0 Å². The minimum Gasteiger partial charge on any atom is -0.459 e. The molecule has 5 nitrogen and oxygen atoms in total. The maximum atomic E-state index is 13.2. The topological polar surface area (TPSA) is 86.5 Å². The number of carbonyl (C=O) groups excluding carboxylic acids is 1. The molecule has 1 aromatic rings. The highest BCUT2D eigenvalue weighted by Crippen LogP contribution is 2.23. The van der Waals surface area contributed by atoms with Gasteiger partial charge >= 0.3 is 5.97 Å². The Kier molecular flexibility index (Phi) is 3.36. The molecule has 1 fully saturated rings.